The molecule has 166 valence electrons. The maximum Gasteiger partial charge on any atom is 0.322 e. The number of aromatic nitrogens is 2. The van der Waals surface area contributed by atoms with Crippen LogP contribution in [0.3, 0.4) is 0 Å². The molecular weight excluding hydrogens is 436 g/mol. The van der Waals surface area contributed by atoms with E-state index in [0.29, 0.717) is 36.4 Å². The molecule has 1 aromatic heterocycles. The first-order valence-corrected chi connectivity index (χ1v) is 11.5. The lowest BCUT2D eigenvalue weighted by atomic mass is 9.99. The molecule has 1 N–H and O–H groups in total. The van der Waals surface area contributed by atoms with Crippen molar-refractivity contribution in [1.82, 2.24) is 14.5 Å². The lowest BCUT2D eigenvalue weighted by molar-refractivity contribution is -0.121. The van der Waals surface area contributed by atoms with Crippen LogP contribution in [0.4, 0.5) is 6.01 Å². The van der Waals surface area contributed by atoms with E-state index < -0.39 is 15.9 Å². The van der Waals surface area contributed by atoms with Crippen LogP contribution >= 0.6 is 0 Å². The smallest absolute Gasteiger partial charge is 0.322 e. The van der Waals surface area contributed by atoms with Crippen LogP contribution in [0.15, 0.2) is 57.8 Å². The molecule has 2 aromatic carbocycles. The van der Waals surface area contributed by atoms with Gasteiger partial charge in [0.1, 0.15) is 0 Å². The van der Waals surface area contributed by atoms with Gasteiger partial charge in [0.15, 0.2) is 11.5 Å². The van der Waals surface area contributed by atoms with E-state index in [2.05, 4.69) is 15.5 Å². The van der Waals surface area contributed by atoms with E-state index in [9.17, 15) is 13.2 Å². The fourth-order valence-corrected chi connectivity index (χ4v) is 5.29. The summed E-state index contributed by atoms with van der Waals surface area (Å²) in [6.07, 6.45) is 1.15. The summed E-state index contributed by atoms with van der Waals surface area (Å²) in [4.78, 5) is 13.0. The number of piperidine rings is 1. The Bertz CT molecular complexity index is 1240. The molecular formula is C21H20N4O6S. The van der Waals surface area contributed by atoms with Crippen molar-refractivity contribution < 1.29 is 27.1 Å². The Morgan fingerprint density at radius 1 is 1.06 bits per heavy atom. The Kier molecular flexibility index (Phi) is 5.27. The molecule has 3 heterocycles. The van der Waals surface area contributed by atoms with Gasteiger partial charge in [0.25, 0.3) is 0 Å². The summed E-state index contributed by atoms with van der Waals surface area (Å²) in [5.41, 5.74) is 0.625. The fraction of sp³-hybridized carbons (Fsp3) is 0.286. The molecule has 0 saturated carbocycles. The third-order valence-corrected chi connectivity index (χ3v) is 7.29. The minimum absolute atomic E-state index is 0.0503. The van der Waals surface area contributed by atoms with Crippen molar-refractivity contribution >= 4 is 21.9 Å². The number of fused-ring (bicyclic) bond motifs is 1. The van der Waals surface area contributed by atoms with E-state index in [-0.39, 0.29) is 36.0 Å². The second-order valence-corrected chi connectivity index (χ2v) is 9.42. The molecule has 0 radical (unpaired) electrons. The highest BCUT2D eigenvalue weighted by Gasteiger charge is 2.33. The summed E-state index contributed by atoms with van der Waals surface area (Å²) < 4.78 is 43.3. The molecule has 3 aromatic rings. The van der Waals surface area contributed by atoms with Crippen molar-refractivity contribution in [1.29, 1.82) is 0 Å². The van der Waals surface area contributed by atoms with Gasteiger partial charge in [-0.25, -0.2) is 8.42 Å². The molecule has 1 atom stereocenters. The van der Waals surface area contributed by atoms with Crippen LogP contribution in [-0.4, -0.2) is 48.7 Å². The maximum atomic E-state index is 12.9. The monoisotopic (exact) mass is 456 g/mol. The van der Waals surface area contributed by atoms with E-state index in [4.69, 9.17) is 13.9 Å². The third kappa shape index (κ3) is 3.92. The van der Waals surface area contributed by atoms with Gasteiger partial charge in [-0.15, -0.1) is 5.10 Å². The Labute approximate surface area is 184 Å². The second-order valence-electron chi connectivity index (χ2n) is 7.48. The van der Waals surface area contributed by atoms with Crippen LogP contribution in [0.2, 0.25) is 0 Å². The summed E-state index contributed by atoms with van der Waals surface area (Å²) in [5, 5.41) is 10.5. The summed E-state index contributed by atoms with van der Waals surface area (Å²) in [7, 11) is -3.66. The number of hydrogen-bond donors (Lipinski definition) is 1. The number of benzene rings is 2. The zero-order chi connectivity index (χ0) is 22.1. The van der Waals surface area contributed by atoms with Crippen molar-refractivity contribution in [2.75, 3.05) is 25.2 Å². The number of amides is 1. The summed E-state index contributed by atoms with van der Waals surface area (Å²) in [5.74, 6) is 0.541. The van der Waals surface area contributed by atoms with Gasteiger partial charge in [0, 0.05) is 18.7 Å². The quantitative estimate of drug-likeness (QED) is 0.621. The topological polar surface area (TPSA) is 124 Å². The standard InChI is InChI=1S/C21H20N4O6S/c26-19(15-5-4-10-25(12-15)32(27,28)16-6-2-1-3-7-16)22-21-24-23-20(31-21)14-8-9-17-18(11-14)30-13-29-17/h1-3,6-9,11,15H,4-5,10,12-13H2,(H,22,24,26). The lowest BCUT2D eigenvalue weighted by Gasteiger charge is -2.30. The predicted molar refractivity (Wildman–Crippen MR) is 112 cm³/mol. The molecule has 32 heavy (non-hydrogen) atoms. The number of sulfonamides is 1. The molecule has 2 aliphatic heterocycles. The first kappa shape index (κ1) is 20.5. The average Bonchev–Trinajstić information content (AvgIpc) is 3.48. The van der Waals surface area contributed by atoms with Gasteiger partial charge in [-0.2, -0.15) is 4.31 Å². The zero-order valence-electron chi connectivity index (χ0n) is 16.9. The van der Waals surface area contributed by atoms with E-state index in [0.717, 1.165) is 0 Å². The van der Waals surface area contributed by atoms with Gasteiger partial charge < -0.3 is 13.9 Å². The number of carbonyl (C=O) groups is 1. The fourth-order valence-electron chi connectivity index (χ4n) is 3.74. The molecule has 1 fully saturated rings. The summed E-state index contributed by atoms with van der Waals surface area (Å²) in [6.45, 7) is 0.615. The first-order chi connectivity index (χ1) is 15.5. The molecule has 0 aliphatic carbocycles. The zero-order valence-corrected chi connectivity index (χ0v) is 17.7. The molecule has 1 saturated heterocycles. The third-order valence-electron chi connectivity index (χ3n) is 5.41. The minimum atomic E-state index is -3.66. The molecule has 5 rings (SSSR count). The van der Waals surface area contributed by atoms with Crippen molar-refractivity contribution in [2.45, 2.75) is 17.7 Å². The highest BCUT2D eigenvalue weighted by Crippen LogP contribution is 2.35. The Hall–Kier alpha value is -3.44. The van der Waals surface area contributed by atoms with Gasteiger partial charge >= 0.3 is 6.01 Å². The van der Waals surface area contributed by atoms with Gasteiger partial charge in [-0.3, -0.25) is 10.1 Å². The van der Waals surface area contributed by atoms with Gasteiger partial charge in [0.05, 0.1) is 10.8 Å². The molecule has 11 heteroatoms. The van der Waals surface area contributed by atoms with Crippen LogP contribution in [0.25, 0.3) is 11.5 Å². The number of carbonyl (C=O) groups excluding carboxylic acids is 1. The van der Waals surface area contributed by atoms with E-state index in [1.54, 1.807) is 48.5 Å². The highest BCUT2D eigenvalue weighted by molar-refractivity contribution is 7.89. The molecule has 1 unspecified atom stereocenters. The molecule has 0 bridgehead atoms. The van der Waals surface area contributed by atoms with E-state index in [1.165, 1.54) is 4.31 Å². The SMILES string of the molecule is O=C(Nc1nnc(-c2ccc3c(c2)OCO3)o1)C1CCCN(S(=O)(=O)c2ccccc2)C1. The Morgan fingerprint density at radius 2 is 1.88 bits per heavy atom. The number of rotatable bonds is 5. The predicted octanol–water partition coefficient (Wildman–Crippen LogP) is 2.50. The maximum absolute atomic E-state index is 12.9. The summed E-state index contributed by atoms with van der Waals surface area (Å²) >= 11 is 0. The lowest BCUT2D eigenvalue weighted by Crippen LogP contribution is -2.43. The number of anilines is 1. The number of nitrogens with zero attached hydrogens (tertiary/aromatic N) is 3. The Morgan fingerprint density at radius 3 is 2.72 bits per heavy atom. The van der Waals surface area contributed by atoms with Crippen molar-refractivity contribution in [3.63, 3.8) is 0 Å². The highest BCUT2D eigenvalue weighted by atomic mass is 32.2. The van der Waals surface area contributed by atoms with E-state index in [1.807, 2.05) is 0 Å². The van der Waals surface area contributed by atoms with Crippen molar-refractivity contribution in [3.05, 3.63) is 48.5 Å². The van der Waals surface area contributed by atoms with Crippen LogP contribution in [0, 0.1) is 5.92 Å². The van der Waals surface area contributed by atoms with Crippen LogP contribution in [-0.2, 0) is 14.8 Å². The second kappa shape index (κ2) is 8.24. The van der Waals surface area contributed by atoms with Gasteiger partial charge in [-0.1, -0.05) is 23.3 Å². The van der Waals surface area contributed by atoms with Gasteiger partial charge in [-0.05, 0) is 43.2 Å². The number of nitrogens with one attached hydrogen (secondary N) is 1. The van der Waals surface area contributed by atoms with Crippen molar-refractivity contribution in [3.8, 4) is 23.0 Å². The van der Waals surface area contributed by atoms with Crippen LogP contribution in [0.1, 0.15) is 12.8 Å². The van der Waals surface area contributed by atoms with Crippen LogP contribution < -0.4 is 14.8 Å². The molecule has 1 amide bonds. The number of hydrogen-bond acceptors (Lipinski definition) is 8. The average molecular weight is 456 g/mol. The van der Waals surface area contributed by atoms with E-state index >= 15 is 0 Å². The van der Waals surface area contributed by atoms with Crippen LogP contribution in [0.5, 0.6) is 11.5 Å². The molecule has 2 aliphatic rings. The van der Waals surface area contributed by atoms with Crippen molar-refractivity contribution in [2.24, 2.45) is 5.92 Å². The Balaban J connectivity index is 1.26. The first-order valence-electron chi connectivity index (χ1n) is 10.1. The largest absolute Gasteiger partial charge is 0.454 e. The number of ether oxygens (including phenoxy) is 2. The molecule has 10 nitrogen and oxygen atoms in total. The molecule has 0 spiro atoms. The summed E-state index contributed by atoms with van der Waals surface area (Å²) in [6, 6.07) is 13.4. The van der Waals surface area contributed by atoms with Gasteiger partial charge in [0.2, 0.25) is 28.6 Å². The minimum Gasteiger partial charge on any atom is -0.454 e. The normalized spacial score (nSPS) is 18.4.